The molecule has 3 heterocycles. The molecule has 164 valence electrons. The number of carbonyl (C=O) groups excluding carboxylic acids is 1. The molecule has 8 nitrogen and oxygen atoms in total. The van der Waals surface area contributed by atoms with Crippen LogP contribution in [0.4, 0.5) is 5.69 Å². The fourth-order valence-corrected chi connectivity index (χ4v) is 3.58. The van der Waals surface area contributed by atoms with Crippen molar-refractivity contribution >= 4 is 11.6 Å². The number of rotatable bonds is 6. The normalized spacial score (nSPS) is 18.2. The average molecular weight is 433 g/mol. The van der Waals surface area contributed by atoms with Crippen molar-refractivity contribution in [3.63, 3.8) is 0 Å². The van der Waals surface area contributed by atoms with E-state index in [0.29, 0.717) is 42.6 Å². The maximum atomic E-state index is 12.7. The van der Waals surface area contributed by atoms with Crippen LogP contribution >= 0.6 is 0 Å². The fraction of sp³-hybridized carbons (Fsp3) is 0.250. The highest BCUT2D eigenvalue weighted by molar-refractivity contribution is 5.95. The summed E-state index contributed by atoms with van der Waals surface area (Å²) in [7, 11) is 0. The predicted molar refractivity (Wildman–Crippen MR) is 117 cm³/mol. The quantitative estimate of drug-likeness (QED) is 0.616. The molecular weight excluding hydrogens is 410 g/mol. The number of fused-ring (bicyclic) bond motifs is 2. The molecule has 1 atom stereocenters. The van der Waals surface area contributed by atoms with Crippen molar-refractivity contribution < 1.29 is 23.7 Å². The van der Waals surface area contributed by atoms with Crippen LogP contribution in [0.1, 0.15) is 22.8 Å². The first kappa shape index (κ1) is 20.0. The molecule has 2 N–H and O–H groups in total. The Hall–Kier alpha value is -3.94. The highest BCUT2D eigenvalue weighted by Gasteiger charge is 2.32. The van der Waals surface area contributed by atoms with Crippen LogP contribution in [0.5, 0.6) is 23.0 Å². The molecule has 0 saturated carbocycles. The molecule has 0 radical (unpaired) electrons. The lowest BCUT2D eigenvalue weighted by Crippen LogP contribution is -2.48. The molecule has 5 rings (SSSR count). The number of hydrogen-bond acceptors (Lipinski definition) is 7. The lowest BCUT2D eigenvalue weighted by atomic mass is 10.0. The van der Waals surface area contributed by atoms with Crippen molar-refractivity contribution in [2.24, 2.45) is 0 Å². The molecule has 2 aliphatic rings. The van der Waals surface area contributed by atoms with E-state index in [1.807, 2.05) is 37.3 Å². The van der Waals surface area contributed by atoms with Crippen LogP contribution in [0, 0.1) is 0 Å². The molecule has 0 bridgehead atoms. The van der Waals surface area contributed by atoms with Crippen LogP contribution in [-0.4, -0.2) is 36.4 Å². The summed E-state index contributed by atoms with van der Waals surface area (Å²) in [5, 5.41) is 6.41. The fourth-order valence-electron chi connectivity index (χ4n) is 3.58. The predicted octanol–water partition coefficient (Wildman–Crippen LogP) is 3.38. The Kier molecular flexibility index (Phi) is 5.18. The van der Waals surface area contributed by atoms with Crippen molar-refractivity contribution in [1.82, 2.24) is 10.3 Å². The van der Waals surface area contributed by atoms with E-state index in [4.69, 9.17) is 18.9 Å². The van der Waals surface area contributed by atoms with Crippen LogP contribution in [0.25, 0.3) is 0 Å². The van der Waals surface area contributed by atoms with E-state index in [2.05, 4.69) is 15.6 Å². The summed E-state index contributed by atoms with van der Waals surface area (Å²) in [5.74, 6) is 2.64. The monoisotopic (exact) mass is 433 g/mol. The van der Waals surface area contributed by atoms with Gasteiger partial charge in [0.2, 0.25) is 6.79 Å². The van der Waals surface area contributed by atoms with Crippen molar-refractivity contribution in [3.8, 4) is 23.0 Å². The van der Waals surface area contributed by atoms with Gasteiger partial charge in [0.15, 0.2) is 11.5 Å². The van der Waals surface area contributed by atoms with Gasteiger partial charge in [-0.2, -0.15) is 0 Å². The third kappa shape index (κ3) is 4.25. The standard InChI is InChI=1S/C24H23N3O5/c1-24(13-29-18-3-2-8-25-12-18)14-30-20-7-5-17(10-19(20)27-24)23(28)26-11-16-4-6-21-22(9-16)32-15-31-21/h2-10,12,27H,11,13-15H2,1H3,(H,26,28). The zero-order chi connectivity index (χ0) is 22.0. The van der Waals surface area contributed by atoms with Crippen LogP contribution < -0.4 is 29.6 Å². The number of anilines is 1. The third-order valence-corrected chi connectivity index (χ3v) is 5.31. The molecule has 0 fully saturated rings. The zero-order valence-electron chi connectivity index (χ0n) is 17.6. The molecule has 2 aromatic carbocycles. The van der Waals surface area contributed by atoms with Gasteiger partial charge in [-0.3, -0.25) is 9.78 Å². The molecule has 32 heavy (non-hydrogen) atoms. The number of pyridine rings is 1. The van der Waals surface area contributed by atoms with E-state index in [0.717, 1.165) is 17.0 Å². The first-order valence-corrected chi connectivity index (χ1v) is 10.3. The zero-order valence-corrected chi connectivity index (χ0v) is 17.6. The second-order valence-electron chi connectivity index (χ2n) is 8.03. The second kappa shape index (κ2) is 8.30. The molecule has 1 amide bonds. The Labute approximate surface area is 185 Å². The van der Waals surface area contributed by atoms with Crippen LogP contribution in [0.2, 0.25) is 0 Å². The van der Waals surface area contributed by atoms with Gasteiger partial charge in [-0.05, 0) is 55.0 Å². The second-order valence-corrected chi connectivity index (χ2v) is 8.03. The molecule has 0 spiro atoms. The van der Waals surface area contributed by atoms with E-state index >= 15 is 0 Å². The maximum Gasteiger partial charge on any atom is 0.251 e. The van der Waals surface area contributed by atoms with E-state index in [9.17, 15) is 4.79 Å². The molecular formula is C24H23N3O5. The third-order valence-electron chi connectivity index (χ3n) is 5.31. The molecule has 0 aliphatic carbocycles. The lowest BCUT2D eigenvalue weighted by molar-refractivity contribution is 0.0950. The van der Waals surface area contributed by atoms with Crippen molar-refractivity contribution in [2.45, 2.75) is 19.0 Å². The molecule has 8 heteroatoms. The molecule has 3 aromatic rings. The van der Waals surface area contributed by atoms with Gasteiger partial charge >= 0.3 is 0 Å². The Morgan fingerprint density at radius 2 is 2.00 bits per heavy atom. The number of carbonyl (C=O) groups is 1. The van der Waals surface area contributed by atoms with Gasteiger partial charge in [-0.25, -0.2) is 0 Å². The Balaban J connectivity index is 1.23. The number of hydrogen-bond donors (Lipinski definition) is 2. The van der Waals surface area contributed by atoms with Gasteiger partial charge in [0.1, 0.15) is 30.3 Å². The van der Waals surface area contributed by atoms with E-state index in [-0.39, 0.29) is 12.7 Å². The summed E-state index contributed by atoms with van der Waals surface area (Å²) in [6.07, 6.45) is 3.37. The summed E-state index contributed by atoms with van der Waals surface area (Å²) >= 11 is 0. The number of amides is 1. The Morgan fingerprint density at radius 3 is 2.88 bits per heavy atom. The minimum Gasteiger partial charge on any atom is -0.489 e. The Morgan fingerprint density at radius 1 is 1.12 bits per heavy atom. The number of benzene rings is 2. The summed E-state index contributed by atoms with van der Waals surface area (Å²) in [5.41, 5.74) is 1.77. The molecule has 2 aliphatic heterocycles. The number of nitrogens with one attached hydrogen (secondary N) is 2. The van der Waals surface area contributed by atoms with Crippen molar-refractivity contribution in [3.05, 3.63) is 72.1 Å². The smallest absolute Gasteiger partial charge is 0.251 e. The highest BCUT2D eigenvalue weighted by atomic mass is 16.7. The highest BCUT2D eigenvalue weighted by Crippen LogP contribution is 2.34. The molecule has 1 aromatic heterocycles. The summed E-state index contributed by atoms with van der Waals surface area (Å²) in [6.45, 7) is 3.45. The van der Waals surface area contributed by atoms with E-state index in [1.165, 1.54) is 0 Å². The van der Waals surface area contributed by atoms with Crippen molar-refractivity contribution in [2.75, 3.05) is 25.3 Å². The first-order chi connectivity index (χ1) is 15.6. The van der Waals surface area contributed by atoms with Gasteiger partial charge < -0.3 is 29.6 Å². The van der Waals surface area contributed by atoms with E-state index < -0.39 is 5.54 Å². The number of aromatic nitrogens is 1. The summed E-state index contributed by atoms with van der Waals surface area (Å²) in [6, 6.07) is 14.7. The lowest BCUT2D eigenvalue weighted by Gasteiger charge is -2.36. The minimum absolute atomic E-state index is 0.175. The topological polar surface area (TPSA) is 90.9 Å². The summed E-state index contributed by atoms with van der Waals surface area (Å²) in [4.78, 5) is 16.8. The maximum absolute atomic E-state index is 12.7. The largest absolute Gasteiger partial charge is 0.489 e. The SMILES string of the molecule is CC1(COc2cccnc2)COc2ccc(C(=O)NCc3ccc4c(c3)OCO4)cc2N1. The first-order valence-electron chi connectivity index (χ1n) is 10.3. The molecule has 1 unspecified atom stereocenters. The van der Waals surface area contributed by atoms with Gasteiger partial charge in [0.05, 0.1) is 11.9 Å². The molecule has 0 saturated heterocycles. The summed E-state index contributed by atoms with van der Waals surface area (Å²) < 4.78 is 22.5. The number of nitrogens with zero attached hydrogens (tertiary/aromatic N) is 1. The van der Waals surface area contributed by atoms with Gasteiger partial charge in [0.25, 0.3) is 5.91 Å². The van der Waals surface area contributed by atoms with Gasteiger partial charge in [0, 0.05) is 18.3 Å². The van der Waals surface area contributed by atoms with Crippen LogP contribution in [0.15, 0.2) is 60.9 Å². The Bertz CT molecular complexity index is 1140. The average Bonchev–Trinajstić information content (AvgIpc) is 3.29. The van der Waals surface area contributed by atoms with Crippen LogP contribution in [-0.2, 0) is 6.54 Å². The van der Waals surface area contributed by atoms with Crippen molar-refractivity contribution in [1.29, 1.82) is 0 Å². The van der Waals surface area contributed by atoms with E-state index in [1.54, 1.807) is 30.6 Å². The van der Waals surface area contributed by atoms with Crippen LogP contribution in [0.3, 0.4) is 0 Å². The minimum atomic E-state index is -0.454. The number of ether oxygens (including phenoxy) is 4. The van der Waals surface area contributed by atoms with Gasteiger partial charge in [-0.1, -0.05) is 6.07 Å². The van der Waals surface area contributed by atoms with Gasteiger partial charge in [-0.15, -0.1) is 0 Å².